The van der Waals surface area contributed by atoms with Crippen molar-refractivity contribution in [2.75, 3.05) is 0 Å². The van der Waals surface area contributed by atoms with E-state index in [0.717, 1.165) is 16.8 Å². The molecule has 0 bridgehead atoms. The van der Waals surface area contributed by atoms with E-state index in [1.807, 2.05) is 24.3 Å². The van der Waals surface area contributed by atoms with Crippen LogP contribution in [0.5, 0.6) is 5.75 Å². The van der Waals surface area contributed by atoms with E-state index in [9.17, 15) is 14.4 Å². The summed E-state index contributed by atoms with van der Waals surface area (Å²) in [4.78, 5) is 35.3. The molecule has 4 atom stereocenters. The first-order valence-corrected chi connectivity index (χ1v) is 11.2. The lowest BCUT2D eigenvalue weighted by Crippen LogP contribution is -2.34. The van der Waals surface area contributed by atoms with Gasteiger partial charge in [-0.2, -0.15) is 0 Å². The van der Waals surface area contributed by atoms with Gasteiger partial charge in [0.25, 0.3) is 0 Å². The third-order valence-corrected chi connectivity index (χ3v) is 5.27. The number of hydrogen-bond donors (Lipinski definition) is 7. The standard InChI is InChI=1S/C11H12N2O2.C9H11NO3.C5H11NO2/c12-9(11(14)15)5-7-6-13-10-4-2-1-3-8(7)10;10-8(9(12)13)5-6-1-3-7(11)4-2-6;1-3(2)4(6)5(7)8/h1-4,6-7,9H,5,12H2,(H,14,15);1-4,8,11H,5,10H2,(H,12,13);3-4H,6H2,1-2H3,(H,7,8)/t7?,9-;8-;4-/m000/s1. The fraction of sp³-hybridized carbons (Fsp3) is 0.360. The Bertz CT molecular complexity index is 1040. The molecule has 1 aliphatic heterocycles. The fourth-order valence-electron chi connectivity index (χ4n) is 2.99. The minimum Gasteiger partial charge on any atom is -0.508 e. The predicted molar refractivity (Wildman–Crippen MR) is 135 cm³/mol. The summed E-state index contributed by atoms with van der Waals surface area (Å²) in [6.45, 7) is 3.55. The number of carbonyl (C=O) groups is 3. The molecule has 1 aliphatic rings. The third kappa shape index (κ3) is 10.2. The minimum atomic E-state index is -1.02. The number of phenolic OH excluding ortho intramolecular Hbond substituents is 1. The topological polar surface area (TPSA) is 223 Å². The monoisotopic (exact) mass is 502 g/mol. The Morgan fingerprint density at radius 1 is 0.861 bits per heavy atom. The fourth-order valence-corrected chi connectivity index (χ4v) is 2.99. The van der Waals surface area contributed by atoms with E-state index >= 15 is 0 Å². The summed E-state index contributed by atoms with van der Waals surface area (Å²) in [6, 6.07) is 11.6. The molecule has 10 N–H and O–H groups in total. The van der Waals surface area contributed by atoms with Crippen molar-refractivity contribution in [3.05, 3.63) is 59.7 Å². The molecule has 0 saturated heterocycles. The molecule has 0 radical (unpaired) electrons. The van der Waals surface area contributed by atoms with Crippen molar-refractivity contribution in [2.45, 2.75) is 50.7 Å². The molecule has 0 fully saturated rings. The summed E-state index contributed by atoms with van der Waals surface area (Å²) in [5.74, 6) is -2.70. The summed E-state index contributed by atoms with van der Waals surface area (Å²) in [6.07, 6.45) is 2.44. The third-order valence-electron chi connectivity index (χ3n) is 5.27. The van der Waals surface area contributed by atoms with Crippen LogP contribution in [0, 0.1) is 5.92 Å². The summed E-state index contributed by atoms with van der Waals surface area (Å²) in [7, 11) is 0. The number of carboxylic acids is 3. The number of rotatable bonds is 8. The SMILES string of the molecule is CC(C)[C@H](N)C(=O)O.N[C@@H](CC1C=Nc2ccccc21)C(=O)O.N[C@@H](Cc1ccc(O)cc1)C(=O)O. The van der Waals surface area contributed by atoms with Crippen molar-refractivity contribution in [2.24, 2.45) is 28.1 Å². The second-order valence-electron chi connectivity index (χ2n) is 8.55. The zero-order valence-electron chi connectivity index (χ0n) is 20.2. The maximum atomic E-state index is 10.6. The Morgan fingerprint density at radius 3 is 1.89 bits per heavy atom. The average Bonchev–Trinajstić information content (AvgIpc) is 3.23. The van der Waals surface area contributed by atoms with Crippen LogP contribution in [0.1, 0.15) is 37.3 Å². The Hall–Kier alpha value is -3.80. The zero-order valence-corrected chi connectivity index (χ0v) is 20.2. The lowest BCUT2D eigenvalue weighted by atomic mass is 9.94. The average molecular weight is 503 g/mol. The first-order chi connectivity index (χ1) is 16.8. The summed E-state index contributed by atoms with van der Waals surface area (Å²) < 4.78 is 0. The number of hydrogen-bond acceptors (Lipinski definition) is 8. The zero-order chi connectivity index (χ0) is 27.4. The van der Waals surface area contributed by atoms with E-state index < -0.39 is 36.0 Å². The second-order valence-corrected chi connectivity index (χ2v) is 8.55. The van der Waals surface area contributed by atoms with Gasteiger partial charge in [0.05, 0.1) is 5.69 Å². The number of aliphatic imine (C=N–C) groups is 1. The molecule has 11 nitrogen and oxygen atoms in total. The number of nitrogens with zero attached hydrogens (tertiary/aromatic N) is 1. The van der Waals surface area contributed by atoms with E-state index in [1.165, 1.54) is 12.1 Å². The highest BCUT2D eigenvalue weighted by Crippen LogP contribution is 2.33. The quantitative estimate of drug-likeness (QED) is 0.276. The van der Waals surface area contributed by atoms with Gasteiger partial charge >= 0.3 is 17.9 Å². The summed E-state index contributed by atoms with van der Waals surface area (Å²) in [5, 5.41) is 34.4. The number of fused-ring (bicyclic) bond motifs is 1. The van der Waals surface area contributed by atoms with Crippen LogP contribution in [0.15, 0.2) is 53.5 Å². The molecule has 0 saturated carbocycles. The lowest BCUT2D eigenvalue weighted by Gasteiger charge is -2.11. The van der Waals surface area contributed by atoms with Crippen molar-refractivity contribution in [3.63, 3.8) is 0 Å². The summed E-state index contributed by atoms with van der Waals surface area (Å²) >= 11 is 0. The Labute approximate surface area is 209 Å². The van der Waals surface area contributed by atoms with Crippen LogP contribution in [0.4, 0.5) is 5.69 Å². The highest BCUT2D eigenvalue weighted by molar-refractivity contribution is 5.82. The van der Waals surface area contributed by atoms with Crippen molar-refractivity contribution >= 4 is 29.8 Å². The number of carboxylic acid groups (broad SMARTS) is 3. The van der Waals surface area contributed by atoms with E-state index in [2.05, 4.69) is 4.99 Å². The molecule has 0 aliphatic carbocycles. The molecule has 0 aromatic heterocycles. The molecule has 0 spiro atoms. The Kier molecular flexibility index (Phi) is 12.2. The van der Waals surface area contributed by atoms with Gasteiger partial charge in [0.2, 0.25) is 0 Å². The normalized spacial score (nSPS) is 15.9. The van der Waals surface area contributed by atoms with Crippen LogP contribution in [0.2, 0.25) is 0 Å². The molecule has 3 rings (SSSR count). The van der Waals surface area contributed by atoms with Crippen molar-refractivity contribution in [1.82, 2.24) is 0 Å². The number of nitrogens with two attached hydrogens (primary N) is 3. The van der Waals surface area contributed by atoms with Gasteiger partial charge in [-0.25, -0.2) is 0 Å². The molecule has 2 aromatic rings. The van der Waals surface area contributed by atoms with Gasteiger partial charge in [-0.15, -0.1) is 0 Å². The number of aromatic hydroxyl groups is 1. The molecular weight excluding hydrogens is 468 g/mol. The van der Waals surface area contributed by atoms with Gasteiger partial charge in [-0.3, -0.25) is 19.4 Å². The van der Waals surface area contributed by atoms with Gasteiger partial charge in [-0.1, -0.05) is 44.2 Å². The van der Waals surface area contributed by atoms with E-state index in [-0.39, 0.29) is 24.0 Å². The second kappa shape index (κ2) is 14.6. The van der Waals surface area contributed by atoms with Crippen molar-refractivity contribution < 1.29 is 34.8 Å². The maximum absolute atomic E-state index is 10.6. The molecule has 11 heteroatoms. The number of benzene rings is 2. The van der Waals surface area contributed by atoms with Gasteiger partial charge in [0.15, 0.2) is 0 Å². The van der Waals surface area contributed by atoms with Crippen molar-refractivity contribution in [3.8, 4) is 5.75 Å². The van der Waals surface area contributed by atoms with Crippen LogP contribution in [-0.4, -0.2) is 62.7 Å². The smallest absolute Gasteiger partial charge is 0.320 e. The highest BCUT2D eigenvalue weighted by atomic mass is 16.4. The lowest BCUT2D eigenvalue weighted by molar-refractivity contribution is -0.140. The predicted octanol–water partition coefficient (Wildman–Crippen LogP) is 1.69. The molecule has 2 aromatic carbocycles. The van der Waals surface area contributed by atoms with Gasteiger partial charge < -0.3 is 37.6 Å². The molecule has 1 unspecified atom stereocenters. The van der Waals surface area contributed by atoms with Crippen LogP contribution in [0.3, 0.4) is 0 Å². The van der Waals surface area contributed by atoms with Gasteiger partial charge in [0, 0.05) is 12.1 Å². The summed E-state index contributed by atoms with van der Waals surface area (Å²) in [5.41, 5.74) is 18.8. The van der Waals surface area contributed by atoms with Gasteiger partial charge in [-0.05, 0) is 48.1 Å². The first kappa shape index (κ1) is 30.2. The number of para-hydroxylation sites is 1. The van der Waals surface area contributed by atoms with E-state index in [4.69, 9.17) is 37.6 Å². The first-order valence-electron chi connectivity index (χ1n) is 11.2. The maximum Gasteiger partial charge on any atom is 0.320 e. The molecule has 196 valence electrons. The van der Waals surface area contributed by atoms with Crippen LogP contribution < -0.4 is 17.2 Å². The molecule has 1 heterocycles. The number of aliphatic carboxylic acids is 3. The minimum absolute atomic E-state index is 0.0208. The van der Waals surface area contributed by atoms with Crippen LogP contribution in [-0.2, 0) is 20.8 Å². The number of phenols is 1. The van der Waals surface area contributed by atoms with Crippen LogP contribution >= 0.6 is 0 Å². The van der Waals surface area contributed by atoms with Gasteiger partial charge in [0.1, 0.15) is 23.9 Å². The van der Waals surface area contributed by atoms with E-state index in [1.54, 1.807) is 32.2 Å². The largest absolute Gasteiger partial charge is 0.508 e. The Balaban J connectivity index is 0.000000284. The highest BCUT2D eigenvalue weighted by Gasteiger charge is 2.23. The molecule has 36 heavy (non-hydrogen) atoms. The Morgan fingerprint density at radius 2 is 1.42 bits per heavy atom. The van der Waals surface area contributed by atoms with E-state index in [0.29, 0.717) is 6.42 Å². The molecule has 0 amide bonds. The molecular formula is C25H34N4O7. The van der Waals surface area contributed by atoms with Crippen molar-refractivity contribution in [1.29, 1.82) is 0 Å². The van der Waals surface area contributed by atoms with Crippen LogP contribution in [0.25, 0.3) is 0 Å².